The molecule has 3 nitrogen and oxygen atoms in total. The fraction of sp³-hybridized carbons (Fsp3) is 0.455. The first kappa shape index (κ1) is 15.4. The van der Waals surface area contributed by atoms with Crippen LogP contribution in [0.15, 0.2) is 48.5 Å². The van der Waals surface area contributed by atoms with Gasteiger partial charge in [-0.1, -0.05) is 48.5 Å². The van der Waals surface area contributed by atoms with Crippen molar-refractivity contribution in [3.8, 4) is 0 Å². The van der Waals surface area contributed by atoms with Gasteiger partial charge in [0.25, 0.3) is 0 Å². The molecule has 2 saturated heterocycles. The lowest BCUT2D eigenvalue weighted by molar-refractivity contribution is 0.146. The molecule has 26 heavy (non-hydrogen) atoms. The van der Waals surface area contributed by atoms with Gasteiger partial charge in [0, 0.05) is 17.9 Å². The third kappa shape index (κ3) is 1.66. The van der Waals surface area contributed by atoms with E-state index < -0.39 is 14.6 Å². The summed E-state index contributed by atoms with van der Waals surface area (Å²) in [4.78, 5) is 2.48. The van der Waals surface area contributed by atoms with Gasteiger partial charge in [0.1, 0.15) is 4.75 Å². The van der Waals surface area contributed by atoms with Gasteiger partial charge in [-0.15, -0.1) is 0 Å². The van der Waals surface area contributed by atoms with E-state index in [-0.39, 0.29) is 17.9 Å². The first-order valence-corrected chi connectivity index (χ1v) is 11.4. The third-order valence-corrected chi connectivity index (χ3v) is 10.1. The Morgan fingerprint density at radius 1 is 0.846 bits per heavy atom. The summed E-state index contributed by atoms with van der Waals surface area (Å²) in [5.41, 5.74) is 5.22. The number of benzene rings is 2. The molecule has 0 unspecified atom stereocenters. The first-order chi connectivity index (χ1) is 12.6. The average molecular weight is 365 g/mol. The molecule has 2 atom stereocenters. The maximum absolute atomic E-state index is 13.3. The lowest BCUT2D eigenvalue weighted by atomic mass is 9.56. The molecule has 0 aromatic heterocycles. The van der Waals surface area contributed by atoms with Crippen molar-refractivity contribution in [1.82, 2.24) is 4.90 Å². The number of nitrogens with zero attached hydrogens (tertiary/aromatic N) is 1. The topological polar surface area (TPSA) is 37.4 Å². The highest BCUT2D eigenvalue weighted by atomic mass is 32.2. The molecule has 2 fully saturated rings. The summed E-state index contributed by atoms with van der Waals surface area (Å²) in [6, 6.07) is 17.3. The van der Waals surface area contributed by atoms with Gasteiger partial charge in [-0.25, -0.2) is 8.42 Å². The van der Waals surface area contributed by atoms with Crippen LogP contribution in [-0.2, 0) is 9.84 Å². The summed E-state index contributed by atoms with van der Waals surface area (Å²) in [5, 5.41) is 0. The highest BCUT2D eigenvalue weighted by molar-refractivity contribution is 7.94. The number of likely N-dealkylation sites (tertiary alicyclic amines) is 1. The first-order valence-electron chi connectivity index (χ1n) is 9.77. The Bertz CT molecular complexity index is 961. The van der Waals surface area contributed by atoms with Crippen LogP contribution >= 0.6 is 0 Å². The minimum absolute atomic E-state index is 0.00995. The van der Waals surface area contributed by atoms with Gasteiger partial charge in [0.15, 0.2) is 9.84 Å². The van der Waals surface area contributed by atoms with E-state index in [1.54, 1.807) is 0 Å². The minimum atomic E-state index is -3.09. The maximum Gasteiger partial charge on any atom is 0.160 e. The van der Waals surface area contributed by atoms with Crippen molar-refractivity contribution in [2.24, 2.45) is 0 Å². The maximum atomic E-state index is 13.3. The summed E-state index contributed by atoms with van der Waals surface area (Å²) in [7, 11) is -3.09. The van der Waals surface area contributed by atoms with Crippen LogP contribution in [0.1, 0.15) is 53.4 Å². The molecule has 0 N–H and O–H groups in total. The predicted octanol–water partition coefficient (Wildman–Crippen LogP) is 3.30. The van der Waals surface area contributed by atoms with Crippen LogP contribution in [0.2, 0.25) is 0 Å². The molecule has 4 heteroatoms. The highest BCUT2D eigenvalue weighted by Crippen LogP contribution is 2.64. The molecule has 134 valence electrons. The molecule has 5 aliphatic rings. The lowest BCUT2D eigenvalue weighted by Gasteiger charge is -2.62. The molecule has 2 bridgehead atoms. The third-order valence-electron chi connectivity index (χ3n) is 7.48. The van der Waals surface area contributed by atoms with Crippen LogP contribution in [0.3, 0.4) is 0 Å². The second kappa shape index (κ2) is 4.99. The summed E-state index contributed by atoms with van der Waals surface area (Å²) in [6.45, 7) is 2.12. The van der Waals surface area contributed by atoms with Crippen LogP contribution in [0.25, 0.3) is 0 Å². The lowest BCUT2D eigenvalue weighted by Crippen LogP contribution is -2.74. The highest BCUT2D eigenvalue weighted by Gasteiger charge is 2.70. The van der Waals surface area contributed by atoms with Crippen LogP contribution in [-0.4, -0.2) is 42.9 Å². The normalized spacial score (nSPS) is 36.5. The second-order valence-corrected chi connectivity index (χ2v) is 10.8. The molecular weight excluding hydrogens is 342 g/mol. The van der Waals surface area contributed by atoms with E-state index in [1.165, 1.54) is 35.1 Å². The Balaban J connectivity index is 1.61. The summed E-state index contributed by atoms with van der Waals surface area (Å²) < 4.78 is 26.1. The van der Waals surface area contributed by atoms with Gasteiger partial charge in [0.05, 0.1) is 5.75 Å². The quantitative estimate of drug-likeness (QED) is 0.778. The van der Waals surface area contributed by atoms with Crippen molar-refractivity contribution >= 4 is 9.84 Å². The molecule has 2 aliphatic heterocycles. The Kier molecular flexibility index (Phi) is 2.96. The molecular formula is C22H23NO2S. The molecule has 0 amide bonds. The molecule has 2 aromatic carbocycles. The van der Waals surface area contributed by atoms with Crippen molar-refractivity contribution in [2.45, 2.75) is 41.9 Å². The Morgan fingerprint density at radius 3 is 1.92 bits per heavy atom. The molecule has 0 saturated carbocycles. The summed E-state index contributed by atoms with van der Waals surface area (Å²) >= 11 is 0. The van der Waals surface area contributed by atoms with E-state index in [0.29, 0.717) is 5.75 Å². The van der Waals surface area contributed by atoms with E-state index in [9.17, 15) is 8.42 Å². The van der Waals surface area contributed by atoms with Crippen LogP contribution < -0.4 is 0 Å². The van der Waals surface area contributed by atoms with Crippen LogP contribution in [0.5, 0.6) is 0 Å². The zero-order chi connectivity index (χ0) is 17.5. The van der Waals surface area contributed by atoms with Crippen molar-refractivity contribution in [3.05, 3.63) is 70.8 Å². The molecule has 1 spiro atoms. The van der Waals surface area contributed by atoms with E-state index in [1.807, 2.05) is 0 Å². The zero-order valence-electron chi connectivity index (χ0n) is 14.8. The van der Waals surface area contributed by atoms with Gasteiger partial charge in [0.2, 0.25) is 0 Å². The molecule has 3 aliphatic carbocycles. The van der Waals surface area contributed by atoms with Gasteiger partial charge in [-0.2, -0.15) is 0 Å². The number of hydrogen-bond acceptors (Lipinski definition) is 3. The fourth-order valence-corrected chi connectivity index (χ4v) is 9.03. The zero-order valence-corrected chi connectivity index (χ0v) is 15.6. The summed E-state index contributed by atoms with van der Waals surface area (Å²) in [6.07, 6.45) is 3.16. The Hall–Kier alpha value is -1.65. The molecule has 2 aromatic rings. The smallest absolute Gasteiger partial charge is 0.160 e. The Morgan fingerprint density at radius 2 is 1.38 bits per heavy atom. The number of hydrogen-bond donors (Lipinski definition) is 0. The molecule has 7 rings (SSSR count). The number of rotatable bonds is 1. The van der Waals surface area contributed by atoms with E-state index in [0.717, 1.165) is 19.5 Å². The van der Waals surface area contributed by atoms with Crippen molar-refractivity contribution in [1.29, 1.82) is 0 Å². The minimum Gasteiger partial charge on any atom is -0.298 e. The van der Waals surface area contributed by atoms with Gasteiger partial charge < -0.3 is 0 Å². The van der Waals surface area contributed by atoms with Crippen molar-refractivity contribution < 1.29 is 8.42 Å². The fourth-order valence-electron chi connectivity index (χ4n) is 6.42. The standard InChI is InChI=1S/C22H23NO2S/c24-26(25)14-20(23-11-5-6-12-23)22(26)13-19-15-7-1-3-9-17(15)21(22)18-10-4-2-8-16(18)19/h1-4,7-10,19-21H,5-6,11-14H2/t19?,20-,21?,22-/m0/s1. The van der Waals surface area contributed by atoms with Crippen molar-refractivity contribution in [2.75, 3.05) is 18.8 Å². The van der Waals surface area contributed by atoms with Crippen LogP contribution in [0, 0.1) is 0 Å². The van der Waals surface area contributed by atoms with Crippen molar-refractivity contribution in [3.63, 3.8) is 0 Å². The van der Waals surface area contributed by atoms with Gasteiger partial charge in [-0.05, 0) is 54.6 Å². The van der Waals surface area contributed by atoms with Crippen LogP contribution in [0.4, 0.5) is 0 Å². The molecule has 2 heterocycles. The largest absolute Gasteiger partial charge is 0.298 e. The predicted molar refractivity (Wildman–Crippen MR) is 102 cm³/mol. The average Bonchev–Trinajstić information content (AvgIpc) is 3.20. The van der Waals surface area contributed by atoms with E-state index >= 15 is 0 Å². The van der Waals surface area contributed by atoms with E-state index in [4.69, 9.17) is 0 Å². The van der Waals surface area contributed by atoms with E-state index in [2.05, 4.69) is 53.4 Å². The Labute approximate surface area is 154 Å². The second-order valence-electron chi connectivity index (χ2n) is 8.44. The monoisotopic (exact) mass is 365 g/mol. The number of sulfone groups is 1. The SMILES string of the molecule is O=S1(=O)C[C@H](N2CCCC2)[C@]12CC1c3ccccc3C2c2ccccc21. The summed E-state index contributed by atoms with van der Waals surface area (Å²) in [5.74, 6) is 0.553. The van der Waals surface area contributed by atoms with Gasteiger partial charge >= 0.3 is 0 Å². The molecule has 0 radical (unpaired) electrons. The van der Waals surface area contributed by atoms with Gasteiger partial charge in [-0.3, -0.25) is 4.90 Å².